The zero-order chi connectivity index (χ0) is 13.9. The Kier molecular flexibility index (Phi) is 3.70. The van der Waals surface area contributed by atoms with Crippen molar-refractivity contribution in [1.29, 1.82) is 0 Å². The number of hydrogen-bond donors (Lipinski definition) is 1. The smallest absolute Gasteiger partial charge is 0.222 e. The Balaban J connectivity index is 1.84. The Morgan fingerprint density at radius 1 is 1.15 bits per heavy atom. The lowest BCUT2D eigenvalue weighted by molar-refractivity contribution is 0.457. The summed E-state index contributed by atoms with van der Waals surface area (Å²) in [4.78, 5) is 4.35. The molecule has 0 saturated heterocycles. The predicted octanol–water partition coefficient (Wildman–Crippen LogP) is 3.52. The second-order valence-electron chi connectivity index (χ2n) is 5.41. The minimum atomic E-state index is 0.507. The van der Waals surface area contributed by atoms with Crippen LogP contribution in [0.2, 0.25) is 0 Å². The number of benzene rings is 1. The van der Waals surface area contributed by atoms with Crippen molar-refractivity contribution >= 4 is 0 Å². The molecule has 0 saturated carbocycles. The van der Waals surface area contributed by atoms with Crippen molar-refractivity contribution in [2.24, 2.45) is 5.73 Å². The minimum Gasteiger partial charge on any atom is -0.439 e. The Labute approximate surface area is 119 Å². The van der Waals surface area contributed by atoms with Crippen molar-refractivity contribution in [1.82, 2.24) is 4.98 Å². The normalized spacial score (nSPS) is 13.9. The summed E-state index contributed by atoms with van der Waals surface area (Å²) in [6, 6.07) is 8.42. The fourth-order valence-corrected chi connectivity index (χ4v) is 2.72. The highest BCUT2D eigenvalue weighted by molar-refractivity contribution is 5.40. The van der Waals surface area contributed by atoms with Crippen LogP contribution < -0.4 is 10.5 Å². The lowest BCUT2D eigenvalue weighted by Crippen LogP contribution is -2.03. The number of rotatable bonds is 3. The van der Waals surface area contributed by atoms with Crippen LogP contribution in [0.5, 0.6) is 11.6 Å². The highest BCUT2D eigenvalue weighted by atomic mass is 16.5. The molecule has 0 aliphatic heterocycles. The molecule has 0 spiro atoms. The second kappa shape index (κ2) is 5.63. The van der Waals surface area contributed by atoms with E-state index in [1.54, 1.807) is 6.20 Å². The van der Waals surface area contributed by atoms with E-state index in [-0.39, 0.29) is 0 Å². The molecule has 2 N–H and O–H groups in total. The van der Waals surface area contributed by atoms with Gasteiger partial charge >= 0.3 is 0 Å². The maximum atomic E-state index is 5.92. The van der Waals surface area contributed by atoms with E-state index in [4.69, 9.17) is 10.5 Å². The quantitative estimate of drug-likeness (QED) is 0.926. The number of nitrogens with two attached hydrogens (primary N) is 1. The maximum absolute atomic E-state index is 5.92. The predicted molar refractivity (Wildman–Crippen MR) is 80.0 cm³/mol. The van der Waals surface area contributed by atoms with E-state index in [0.717, 1.165) is 23.3 Å². The average molecular weight is 268 g/mol. The monoisotopic (exact) mass is 268 g/mol. The fraction of sp³-hybridized carbons (Fsp3) is 0.353. The zero-order valence-corrected chi connectivity index (χ0v) is 11.9. The van der Waals surface area contributed by atoms with E-state index in [2.05, 4.69) is 17.1 Å². The SMILES string of the molecule is Cc1cc(CN)cnc1Oc1ccc2c(c1)CCCC2. The molecule has 104 valence electrons. The molecule has 0 bridgehead atoms. The van der Waals surface area contributed by atoms with Gasteiger partial charge in [-0.3, -0.25) is 0 Å². The van der Waals surface area contributed by atoms with E-state index in [1.807, 2.05) is 19.1 Å². The number of aryl methyl sites for hydroxylation is 3. The lowest BCUT2D eigenvalue weighted by atomic mass is 9.92. The first-order chi connectivity index (χ1) is 9.76. The summed E-state index contributed by atoms with van der Waals surface area (Å²) in [5.41, 5.74) is 10.5. The summed E-state index contributed by atoms with van der Waals surface area (Å²) < 4.78 is 5.92. The molecule has 2 aromatic rings. The first kappa shape index (κ1) is 13.1. The molecular weight excluding hydrogens is 248 g/mol. The van der Waals surface area contributed by atoms with Crippen LogP contribution in [0.3, 0.4) is 0 Å². The summed E-state index contributed by atoms with van der Waals surface area (Å²) in [7, 11) is 0. The van der Waals surface area contributed by atoms with Crippen LogP contribution >= 0.6 is 0 Å². The van der Waals surface area contributed by atoms with Gasteiger partial charge in [-0.05, 0) is 67.5 Å². The number of nitrogens with zero attached hydrogens (tertiary/aromatic N) is 1. The molecule has 0 atom stereocenters. The third-order valence-electron chi connectivity index (χ3n) is 3.86. The lowest BCUT2D eigenvalue weighted by Gasteiger charge is -2.17. The molecule has 3 rings (SSSR count). The minimum absolute atomic E-state index is 0.507. The largest absolute Gasteiger partial charge is 0.439 e. The van der Waals surface area contributed by atoms with Crippen LogP contribution in [0.15, 0.2) is 30.5 Å². The van der Waals surface area contributed by atoms with Gasteiger partial charge in [0.05, 0.1) is 0 Å². The van der Waals surface area contributed by atoms with Gasteiger partial charge in [0.15, 0.2) is 0 Å². The molecule has 1 aliphatic carbocycles. The third-order valence-corrected chi connectivity index (χ3v) is 3.86. The van der Waals surface area contributed by atoms with Crippen LogP contribution in [-0.4, -0.2) is 4.98 Å². The Bertz CT molecular complexity index is 622. The van der Waals surface area contributed by atoms with Gasteiger partial charge in [-0.25, -0.2) is 4.98 Å². The second-order valence-corrected chi connectivity index (χ2v) is 5.41. The van der Waals surface area contributed by atoms with Gasteiger partial charge in [-0.2, -0.15) is 0 Å². The van der Waals surface area contributed by atoms with E-state index in [9.17, 15) is 0 Å². The van der Waals surface area contributed by atoms with Gasteiger partial charge in [-0.1, -0.05) is 6.07 Å². The van der Waals surface area contributed by atoms with Crippen molar-refractivity contribution in [3.8, 4) is 11.6 Å². The van der Waals surface area contributed by atoms with E-state index < -0.39 is 0 Å². The zero-order valence-electron chi connectivity index (χ0n) is 11.9. The van der Waals surface area contributed by atoms with Gasteiger partial charge in [-0.15, -0.1) is 0 Å². The Hall–Kier alpha value is -1.87. The van der Waals surface area contributed by atoms with Crippen molar-refractivity contribution in [2.75, 3.05) is 0 Å². The average Bonchev–Trinajstić information content (AvgIpc) is 2.49. The van der Waals surface area contributed by atoms with Crippen molar-refractivity contribution in [3.05, 3.63) is 52.7 Å². The standard InChI is InChI=1S/C17H20N2O/c1-12-8-13(10-18)11-19-17(12)20-16-7-6-14-4-2-3-5-15(14)9-16/h6-9,11H,2-5,10,18H2,1H3. The molecule has 0 unspecified atom stereocenters. The number of aromatic nitrogens is 1. The fourth-order valence-electron chi connectivity index (χ4n) is 2.72. The Morgan fingerprint density at radius 2 is 1.95 bits per heavy atom. The molecule has 3 nitrogen and oxygen atoms in total. The number of ether oxygens (including phenoxy) is 1. The summed E-state index contributed by atoms with van der Waals surface area (Å²) in [6.07, 6.45) is 6.71. The van der Waals surface area contributed by atoms with Gasteiger partial charge in [0.1, 0.15) is 5.75 Å². The molecule has 20 heavy (non-hydrogen) atoms. The van der Waals surface area contributed by atoms with E-state index in [1.165, 1.54) is 30.4 Å². The molecule has 0 amide bonds. The maximum Gasteiger partial charge on any atom is 0.222 e. The van der Waals surface area contributed by atoms with Crippen LogP contribution in [-0.2, 0) is 19.4 Å². The number of pyridine rings is 1. The third kappa shape index (κ3) is 2.68. The molecule has 1 aliphatic rings. The number of fused-ring (bicyclic) bond motifs is 1. The molecule has 3 heteroatoms. The van der Waals surface area contributed by atoms with Crippen LogP contribution in [0.4, 0.5) is 0 Å². The van der Waals surface area contributed by atoms with E-state index >= 15 is 0 Å². The van der Waals surface area contributed by atoms with Gasteiger partial charge in [0.25, 0.3) is 0 Å². The molecule has 0 fully saturated rings. The van der Waals surface area contributed by atoms with Gasteiger partial charge in [0.2, 0.25) is 5.88 Å². The first-order valence-electron chi connectivity index (χ1n) is 7.21. The summed E-state index contributed by atoms with van der Waals surface area (Å²) in [5.74, 6) is 1.54. The highest BCUT2D eigenvalue weighted by Crippen LogP contribution is 2.28. The first-order valence-corrected chi connectivity index (χ1v) is 7.21. The molecular formula is C17H20N2O. The number of hydrogen-bond acceptors (Lipinski definition) is 3. The van der Waals surface area contributed by atoms with E-state index in [0.29, 0.717) is 12.4 Å². The Morgan fingerprint density at radius 3 is 2.70 bits per heavy atom. The summed E-state index contributed by atoms with van der Waals surface area (Å²) >= 11 is 0. The molecule has 1 aromatic heterocycles. The summed E-state index contributed by atoms with van der Waals surface area (Å²) in [6.45, 7) is 2.51. The molecule has 0 radical (unpaired) electrons. The molecule has 1 aromatic carbocycles. The van der Waals surface area contributed by atoms with Crippen molar-refractivity contribution < 1.29 is 4.74 Å². The topological polar surface area (TPSA) is 48.1 Å². The van der Waals surface area contributed by atoms with Crippen LogP contribution in [0.1, 0.15) is 35.1 Å². The summed E-state index contributed by atoms with van der Waals surface area (Å²) in [5, 5.41) is 0. The van der Waals surface area contributed by atoms with Gasteiger partial charge < -0.3 is 10.5 Å². The molecule has 1 heterocycles. The van der Waals surface area contributed by atoms with Crippen LogP contribution in [0, 0.1) is 6.92 Å². The highest BCUT2D eigenvalue weighted by Gasteiger charge is 2.11. The van der Waals surface area contributed by atoms with Gasteiger partial charge in [0, 0.05) is 18.3 Å². The van der Waals surface area contributed by atoms with Crippen LogP contribution in [0.25, 0.3) is 0 Å². The van der Waals surface area contributed by atoms with Crippen molar-refractivity contribution in [3.63, 3.8) is 0 Å². The van der Waals surface area contributed by atoms with Crippen molar-refractivity contribution in [2.45, 2.75) is 39.2 Å².